The third-order valence-electron chi connectivity index (χ3n) is 2.03. The number of thioether (sulfide) groups is 2. The lowest BCUT2D eigenvalue weighted by Gasteiger charge is -1.92. The lowest BCUT2D eigenvalue weighted by molar-refractivity contribution is 0.112. The lowest BCUT2D eigenvalue weighted by atomic mass is 10.4. The highest BCUT2D eigenvalue weighted by Gasteiger charge is 2.14. The van der Waals surface area contributed by atoms with Crippen molar-refractivity contribution in [1.82, 2.24) is 0 Å². The first-order chi connectivity index (χ1) is 7.19. The average Bonchev–Trinajstić information content (AvgIpc) is 2.76. The first kappa shape index (κ1) is 11.0. The van der Waals surface area contributed by atoms with Crippen molar-refractivity contribution in [2.75, 3.05) is 0 Å². The van der Waals surface area contributed by atoms with Crippen molar-refractivity contribution in [2.24, 2.45) is 0 Å². The molecule has 1 aliphatic heterocycles. The quantitative estimate of drug-likeness (QED) is 0.718. The molecule has 0 aliphatic carbocycles. The Balaban J connectivity index is 2.15. The van der Waals surface area contributed by atoms with Gasteiger partial charge in [-0.05, 0) is 41.9 Å². The molecule has 0 unspecified atom stereocenters. The summed E-state index contributed by atoms with van der Waals surface area (Å²) in [6, 6.07) is 3.85. The van der Waals surface area contributed by atoms with Crippen molar-refractivity contribution in [1.29, 1.82) is 0 Å². The molecule has 0 atom stereocenters. The van der Waals surface area contributed by atoms with Crippen LogP contribution in [0.1, 0.15) is 28.4 Å². The van der Waals surface area contributed by atoms with Crippen molar-refractivity contribution in [3.63, 3.8) is 0 Å². The van der Waals surface area contributed by atoms with Gasteiger partial charge in [-0.3, -0.25) is 4.79 Å². The van der Waals surface area contributed by atoms with Gasteiger partial charge in [0.15, 0.2) is 6.29 Å². The molecular formula is C11H10OS3. The molecule has 1 aromatic rings. The van der Waals surface area contributed by atoms with Gasteiger partial charge in [0.1, 0.15) is 0 Å². The van der Waals surface area contributed by atoms with Crippen LogP contribution < -0.4 is 0 Å². The van der Waals surface area contributed by atoms with Crippen LogP contribution in [0.3, 0.4) is 0 Å². The fourth-order valence-electron chi connectivity index (χ4n) is 1.15. The Kier molecular flexibility index (Phi) is 3.38. The summed E-state index contributed by atoms with van der Waals surface area (Å²) in [5.41, 5.74) is 0. The van der Waals surface area contributed by atoms with E-state index < -0.39 is 0 Å². The Morgan fingerprint density at radius 3 is 2.20 bits per heavy atom. The number of carbonyl (C=O) groups is 1. The van der Waals surface area contributed by atoms with Crippen LogP contribution in [-0.4, -0.2) is 6.29 Å². The van der Waals surface area contributed by atoms with Gasteiger partial charge >= 0.3 is 0 Å². The van der Waals surface area contributed by atoms with Gasteiger partial charge < -0.3 is 0 Å². The first-order valence-electron chi connectivity index (χ1n) is 4.49. The Bertz CT molecular complexity index is 438. The molecule has 78 valence electrons. The zero-order valence-electron chi connectivity index (χ0n) is 8.44. The molecule has 4 heteroatoms. The topological polar surface area (TPSA) is 17.1 Å². The Hall–Kier alpha value is -0.450. The average molecular weight is 254 g/mol. The second kappa shape index (κ2) is 4.60. The first-order valence-corrected chi connectivity index (χ1v) is 6.94. The largest absolute Gasteiger partial charge is 0.297 e. The van der Waals surface area contributed by atoms with Crippen LogP contribution in [0, 0.1) is 0 Å². The molecule has 0 N–H and O–H groups in total. The molecule has 0 spiro atoms. The zero-order valence-corrected chi connectivity index (χ0v) is 10.9. The SMILES string of the molecule is CC1=C(C)SC(=Cc2ccc(C=O)s2)S1. The van der Waals surface area contributed by atoms with Crippen LogP contribution in [0.15, 0.2) is 26.2 Å². The highest BCUT2D eigenvalue weighted by Crippen LogP contribution is 2.49. The monoisotopic (exact) mass is 254 g/mol. The maximum atomic E-state index is 10.5. The molecule has 0 radical (unpaired) electrons. The minimum Gasteiger partial charge on any atom is -0.297 e. The number of rotatable bonds is 2. The molecule has 0 amide bonds. The summed E-state index contributed by atoms with van der Waals surface area (Å²) in [6.07, 6.45) is 3.04. The molecule has 2 heterocycles. The Labute approximate surface area is 102 Å². The van der Waals surface area contributed by atoms with Crippen molar-refractivity contribution in [3.8, 4) is 0 Å². The molecule has 0 bridgehead atoms. The summed E-state index contributed by atoms with van der Waals surface area (Å²) in [5, 5.41) is 0. The molecule has 2 rings (SSSR count). The summed E-state index contributed by atoms with van der Waals surface area (Å²) < 4.78 is 1.30. The predicted octanol–water partition coefficient (Wildman–Crippen LogP) is 4.59. The fourth-order valence-corrected chi connectivity index (χ4v) is 4.50. The van der Waals surface area contributed by atoms with Crippen LogP contribution in [0.2, 0.25) is 0 Å². The van der Waals surface area contributed by atoms with E-state index in [2.05, 4.69) is 19.9 Å². The van der Waals surface area contributed by atoms with Gasteiger partial charge in [0.05, 0.1) is 9.11 Å². The molecule has 1 aromatic heterocycles. The number of allylic oxidation sites excluding steroid dienone is 2. The van der Waals surface area contributed by atoms with Crippen LogP contribution in [0.5, 0.6) is 0 Å². The van der Waals surface area contributed by atoms with Crippen molar-refractivity contribution >= 4 is 47.2 Å². The van der Waals surface area contributed by atoms with Gasteiger partial charge in [0, 0.05) is 4.88 Å². The maximum Gasteiger partial charge on any atom is 0.160 e. The number of thiophene rings is 1. The highest BCUT2D eigenvalue weighted by atomic mass is 32.2. The van der Waals surface area contributed by atoms with Gasteiger partial charge in [-0.25, -0.2) is 0 Å². The minimum atomic E-state index is 0.788. The summed E-state index contributed by atoms with van der Waals surface area (Å²) in [7, 11) is 0. The maximum absolute atomic E-state index is 10.5. The van der Waals surface area contributed by atoms with E-state index in [4.69, 9.17) is 0 Å². The Morgan fingerprint density at radius 2 is 1.67 bits per heavy atom. The molecule has 0 fully saturated rings. The van der Waals surface area contributed by atoms with Crippen LogP contribution in [0.25, 0.3) is 6.08 Å². The summed E-state index contributed by atoms with van der Waals surface area (Å²) in [5.74, 6) is 0. The van der Waals surface area contributed by atoms with E-state index in [9.17, 15) is 4.79 Å². The predicted molar refractivity (Wildman–Crippen MR) is 71.2 cm³/mol. The van der Waals surface area contributed by atoms with E-state index in [0.717, 1.165) is 16.0 Å². The smallest absolute Gasteiger partial charge is 0.160 e. The molecule has 0 saturated heterocycles. The standard InChI is InChI=1S/C11H10OS3/c1-7-8(2)14-11(13-7)5-9-3-4-10(6-12)15-9/h3-6H,1-2H3. The second-order valence-corrected chi connectivity index (χ2v) is 7.06. The molecule has 1 aliphatic rings. The third kappa shape index (κ3) is 2.56. The Morgan fingerprint density at radius 1 is 1.07 bits per heavy atom. The highest BCUT2D eigenvalue weighted by molar-refractivity contribution is 8.28. The normalized spacial score (nSPS) is 16.0. The molecule has 0 saturated carbocycles. The minimum absolute atomic E-state index is 0.788. The fraction of sp³-hybridized carbons (Fsp3) is 0.182. The molecule has 15 heavy (non-hydrogen) atoms. The van der Waals surface area contributed by atoms with Crippen LogP contribution in [-0.2, 0) is 0 Å². The van der Waals surface area contributed by atoms with Gasteiger partial charge in [-0.1, -0.05) is 23.5 Å². The number of aldehydes is 1. The van der Waals surface area contributed by atoms with E-state index in [1.54, 1.807) is 0 Å². The molecular weight excluding hydrogens is 244 g/mol. The number of hydrogen-bond donors (Lipinski definition) is 0. The van der Waals surface area contributed by atoms with E-state index in [1.807, 2.05) is 35.7 Å². The van der Waals surface area contributed by atoms with Gasteiger partial charge in [-0.2, -0.15) is 0 Å². The van der Waals surface area contributed by atoms with Crippen LogP contribution >= 0.6 is 34.9 Å². The van der Waals surface area contributed by atoms with E-state index in [0.29, 0.717) is 0 Å². The van der Waals surface area contributed by atoms with Crippen molar-refractivity contribution in [2.45, 2.75) is 13.8 Å². The number of hydrogen-bond acceptors (Lipinski definition) is 4. The van der Waals surface area contributed by atoms with Crippen LogP contribution in [0.4, 0.5) is 0 Å². The van der Waals surface area contributed by atoms with Crippen molar-refractivity contribution in [3.05, 3.63) is 35.9 Å². The lowest BCUT2D eigenvalue weighted by Crippen LogP contribution is -1.63. The number of carbonyl (C=O) groups excluding carboxylic acids is 1. The van der Waals surface area contributed by atoms with Crippen molar-refractivity contribution < 1.29 is 4.79 Å². The van der Waals surface area contributed by atoms with Gasteiger partial charge in [0.2, 0.25) is 0 Å². The molecule has 1 nitrogen and oxygen atoms in total. The van der Waals surface area contributed by atoms with E-state index in [-0.39, 0.29) is 0 Å². The zero-order chi connectivity index (χ0) is 10.8. The summed E-state index contributed by atoms with van der Waals surface area (Å²) >= 11 is 5.15. The summed E-state index contributed by atoms with van der Waals surface area (Å²) in [4.78, 5) is 15.2. The van der Waals surface area contributed by atoms with Gasteiger partial charge in [-0.15, -0.1) is 11.3 Å². The second-order valence-electron chi connectivity index (χ2n) is 3.14. The summed E-state index contributed by atoms with van der Waals surface area (Å²) in [6.45, 7) is 4.28. The molecule has 0 aromatic carbocycles. The third-order valence-corrected chi connectivity index (χ3v) is 5.48. The van der Waals surface area contributed by atoms with E-state index >= 15 is 0 Å². The van der Waals surface area contributed by atoms with E-state index in [1.165, 1.54) is 25.4 Å². The van der Waals surface area contributed by atoms with Gasteiger partial charge in [0.25, 0.3) is 0 Å².